The first kappa shape index (κ1) is 20.2. The van der Waals surface area contributed by atoms with Crippen LogP contribution in [-0.4, -0.2) is 29.9 Å². The van der Waals surface area contributed by atoms with Crippen molar-refractivity contribution in [2.45, 2.75) is 31.6 Å². The fourth-order valence-electron chi connectivity index (χ4n) is 4.33. The number of hydrogen-bond acceptors (Lipinski definition) is 4. The molecule has 30 heavy (non-hydrogen) atoms. The first-order valence-corrected chi connectivity index (χ1v) is 10.0. The minimum atomic E-state index is -1.17. The van der Waals surface area contributed by atoms with E-state index < -0.39 is 5.97 Å². The zero-order valence-electron chi connectivity index (χ0n) is 16.4. The van der Waals surface area contributed by atoms with Crippen molar-refractivity contribution in [2.75, 3.05) is 12.0 Å². The third-order valence-corrected chi connectivity index (χ3v) is 5.96. The molecule has 1 atom stereocenters. The number of methoxy groups -OCH3 is 1. The predicted molar refractivity (Wildman–Crippen MR) is 112 cm³/mol. The number of allylic oxidation sites excluding steroid dienone is 2. The van der Waals surface area contributed by atoms with Crippen LogP contribution in [0.15, 0.2) is 53.7 Å². The number of amides is 1. The topological polar surface area (TPSA) is 83.9 Å². The number of carbonyl (C=O) groups excluding carboxylic acids is 2. The van der Waals surface area contributed by atoms with Crippen LogP contribution in [0.3, 0.4) is 0 Å². The highest BCUT2D eigenvalue weighted by Crippen LogP contribution is 2.45. The number of halogens is 1. The Hall–Kier alpha value is -3.12. The molecule has 1 N–H and O–H groups in total. The number of rotatable bonds is 4. The van der Waals surface area contributed by atoms with Gasteiger partial charge >= 0.3 is 5.97 Å². The minimum Gasteiger partial charge on any atom is -0.496 e. The zero-order chi connectivity index (χ0) is 21.4. The van der Waals surface area contributed by atoms with Gasteiger partial charge in [-0.3, -0.25) is 14.5 Å². The highest BCUT2D eigenvalue weighted by molar-refractivity contribution is 6.33. The fraction of sp³-hybridized carbons (Fsp3) is 0.261. The molecule has 0 radical (unpaired) electrons. The van der Waals surface area contributed by atoms with Crippen molar-refractivity contribution in [1.82, 2.24) is 0 Å². The average molecular weight is 426 g/mol. The Bertz CT molecular complexity index is 1090. The number of anilines is 1. The van der Waals surface area contributed by atoms with Crippen LogP contribution in [0.25, 0.3) is 0 Å². The van der Waals surface area contributed by atoms with Crippen LogP contribution in [-0.2, 0) is 9.59 Å². The van der Waals surface area contributed by atoms with Crippen LogP contribution in [0.2, 0.25) is 5.02 Å². The largest absolute Gasteiger partial charge is 0.496 e. The molecule has 0 aromatic heterocycles. The van der Waals surface area contributed by atoms with Gasteiger partial charge in [-0.05, 0) is 37.1 Å². The Balaban J connectivity index is 1.88. The fourth-order valence-corrected chi connectivity index (χ4v) is 4.53. The molecule has 0 fully saturated rings. The van der Waals surface area contributed by atoms with E-state index in [0.717, 1.165) is 5.56 Å². The van der Waals surface area contributed by atoms with Crippen molar-refractivity contribution in [2.24, 2.45) is 0 Å². The van der Waals surface area contributed by atoms with Crippen LogP contribution < -0.4 is 9.64 Å². The minimum absolute atomic E-state index is 0.0112. The summed E-state index contributed by atoms with van der Waals surface area (Å²) in [7, 11) is 1.56. The third kappa shape index (κ3) is 3.37. The van der Waals surface area contributed by atoms with Gasteiger partial charge in [-0.1, -0.05) is 29.8 Å². The van der Waals surface area contributed by atoms with Crippen LogP contribution in [0.1, 0.15) is 47.5 Å². The molecule has 0 spiro atoms. The number of carboxylic acids is 1. The number of ether oxygens (including phenoxy) is 1. The Labute approximate surface area is 178 Å². The number of para-hydroxylation sites is 1. The van der Waals surface area contributed by atoms with E-state index in [4.69, 9.17) is 16.3 Å². The van der Waals surface area contributed by atoms with Crippen LogP contribution in [0.5, 0.6) is 5.75 Å². The summed E-state index contributed by atoms with van der Waals surface area (Å²) in [6.07, 6.45) is 1.71. The van der Waals surface area contributed by atoms with Crippen molar-refractivity contribution in [1.29, 1.82) is 0 Å². The number of carboxylic acid groups (broad SMARTS) is 1. The summed E-state index contributed by atoms with van der Waals surface area (Å²) >= 11 is 6.00. The Morgan fingerprint density at radius 2 is 1.93 bits per heavy atom. The van der Waals surface area contributed by atoms with Crippen molar-refractivity contribution in [3.05, 3.63) is 69.9 Å². The summed E-state index contributed by atoms with van der Waals surface area (Å²) in [4.78, 5) is 39.2. The second-order valence-electron chi connectivity index (χ2n) is 7.33. The quantitative estimate of drug-likeness (QED) is 0.775. The van der Waals surface area contributed by atoms with E-state index in [1.807, 2.05) is 24.3 Å². The number of aromatic carboxylic acids is 1. The molecule has 0 saturated heterocycles. The second-order valence-corrected chi connectivity index (χ2v) is 7.74. The molecular formula is C23H20ClNO5. The van der Waals surface area contributed by atoms with Crippen molar-refractivity contribution in [3.63, 3.8) is 0 Å². The average Bonchev–Trinajstić information content (AvgIpc) is 2.73. The SMILES string of the molecule is COc1ccccc1C1CC(=O)N(c2ccc(Cl)c(C(=O)O)c2)C2=C1C(=O)CCC2. The molecule has 0 saturated carbocycles. The maximum atomic E-state index is 13.3. The molecular weight excluding hydrogens is 406 g/mol. The van der Waals surface area contributed by atoms with Gasteiger partial charge in [0, 0.05) is 41.3 Å². The highest BCUT2D eigenvalue weighted by Gasteiger charge is 2.40. The number of hydrogen-bond donors (Lipinski definition) is 1. The molecule has 4 rings (SSSR count). The molecule has 1 unspecified atom stereocenters. The third-order valence-electron chi connectivity index (χ3n) is 5.63. The molecule has 1 amide bonds. The summed E-state index contributed by atoms with van der Waals surface area (Å²) < 4.78 is 5.48. The van der Waals surface area contributed by atoms with E-state index in [1.165, 1.54) is 17.0 Å². The molecule has 154 valence electrons. The summed E-state index contributed by atoms with van der Waals surface area (Å²) in [5.41, 5.74) is 2.37. The highest BCUT2D eigenvalue weighted by atomic mass is 35.5. The summed E-state index contributed by atoms with van der Waals surface area (Å²) in [5.74, 6) is -1.12. The zero-order valence-corrected chi connectivity index (χ0v) is 17.1. The summed E-state index contributed by atoms with van der Waals surface area (Å²) in [5, 5.41) is 9.50. The van der Waals surface area contributed by atoms with Crippen LogP contribution >= 0.6 is 11.6 Å². The van der Waals surface area contributed by atoms with Gasteiger partial charge < -0.3 is 9.84 Å². The number of ketones is 1. The van der Waals surface area contributed by atoms with E-state index in [9.17, 15) is 19.5 Å². The van der Waals surface area contributed by atoms with E-state index in [-0.39, 0.29) is 34.6 Å². The Morgan fingerprint density at radius 1 is 1.17 bits per heavy atom. The summed E-state index contributed by atoms with van der Waals surface area (Å²) in [6, 6.07) is 11.9. The maximum absolute atomic E-state index is 13.3. The lowest BCUT2D eigenvalue weighted by Crippen LogP contribution is -2.40. The maximum Gasteiger partial charge on any atom is 0.337 e. The molecule has 2 aliphatic rings. The molecule has 0 bridgehead atoms. The van der Waals surface area contributed by atoms with Gasteiger partial charge in [-0.25, -0.2) is 4.79 Å². The molecule has 1 heterocycles. The lowest BCUT2D eigenvalue weighted by Gasteiger charge is -2.38. The monoisotopic (exact) mass is 425 g/mol. The number of nitrogens with zero attached hydrogens (tertiary/aromatic N) is 1. The molecule has 1 aliphatic heterocycles. The molecule has 6 nitrogen and oxygen atoms in total. The van der Waals surface area contributed by atoms with E-state index in [1.54, 1.807) is 13.2 Å². The number of carbonyl (C=O) groups is 3. The van der Waals surface area contributed by atoms with Crippen LogP contribution in [0, 0.1) is 0 Å². The molecule has 1 aliphatic carbocycles. The van der Waals surface area contributed by atoms with Crippen LogP contribution in [0.4, 0.5) is 5.69 Å². The Kier molecular flexibility index (Phi) is 5.35. The van der Waals surface area contributed by atoms with Crippen molar-refractivity contribution >= 4 is 34.9 Å². The molecule has 2 aromatic carbocycles. The first-order chi connectivity index (χ1) is 14.4. The number of benzene rings is 2. The lowest BCUT2D eigenvalue weighted by molar-refractivity contribution is -0.119. The van der Waals surface area contributed by atoms with Crippen molar-refractivity contribution < 1.29 is 24.2 Å². The second kappa shape index (κ2) is 7.95. The van der Waals surface area contributed by atoms with Gasteiger partial charge in [-0.2, -0.15) is 0 Å². The standard InChI is InChI=1S/C23H20ClNO5/c1-30-20-8-3-2-5-14(20)15-12-21(27)25(18-6-4-7-19(26)22(15)18)13-9-10-17(24)16(11-13)23(28)29/h2-3,5,8-11,15H,4,6-7,12H2,1H3,(H,28,29). The predicted octanol–water partition coefficient (Wildman–Crippen LogP) is 4.57. The smallest absolute Gasteiger partial charge is 0.337 e. The van der Waals surface area contributed by atoms with Gasteiger partial charge in [-0.15, -0.1) is 0 Å². The van der Waals surface area contributed by atoms with Crippen molar-refractivity contribution in [3.8, 4) is 5.75 Å². The normalized spacial score (nSPS) is 19.0. The summed E-state index contributed by atoms with van der Waals surface area (Å²) in [6.45, 7) is 0. The van der Waals surface area contributed by atoms with Gasteiger partial charge in [0.15, 0.2) is 5.78 Å². The number of Topliss-reactive ketones (excluding diaryl/α,β-unsaturated/α-hetero) is 1. The van der Waals surface area contributed by atoms with E-state index in [0.29, 0.717) is 42.0 Å². The van der Waals surface area contributed by atoms with Gasteiger partial charge in [0.05, 0.1) is 17.7 Å². The lowest BCUT2D eigenvalue weighted by atomic mass is 9.77. The Morgan fingerprint density at radius 3 is 2.67 bits per heavy atom. The molecule has 7 heteroatoms. The van der Waals surface area contributed by atoms with Gasteiger partial charge in [0.2, 0.25) is 5.91 Å². The molecule has 2 aromatic rings. The van der Waals surface area contributed by atoms with E-state index in [2.05, 4.69) is 0 Å². The van der Waals surface area contributed by atoms with Gasteiger partial charge in [0.1, 0.15) is 5.75 Å². The first-order valence-electron chi connectivity index (χ1n) is 9.67. The van der Waals surface area contributed by atoms with Gasteiger partial charge in [0.25, 0.3) is 0 Å². The van der Waals surface area contributed by atoms with E-state index >= 15 is 0 Å².